The average Bonchev–Trinajstić information content (AvgIpc) is 2.80. The van der Waals surface area contributed by atoms with E-state index >= 15 is 0 Å². The number of hydrogen-bond acceptors (Lipinski definition) is 2. The van der Waals surface area contributed by atoms with Crippen LogP contribution in [0, 0.1) is 5.92 Å². The van der Waals surface area contributed by atoms with Crippen molar-refractivity contribution in [2.45, 2.75) is 64.5 Å². The molecule has 2 fully saturated rings. The van der Waals surface area contributed by atoms with E-state index in [1.165, 1.54) is 25.7 Å². The van der Waals surface area contributed by atoms with Crippen molar-refractivity contribution in [2.24, 2.45) is 5.92 Å². The standard InChI is InChI=1S/C14H25NO2/c1-11-5-7-13(8-6-11)15(12(2)16)10-14-4-3-9-17-14/h11,13-14H,3-10H2,1-2H3. The maximum Gasteiger partial charge on any atom is 0.219 e. The van der Waals surface area contributed by atoms with Gasteiger partial charge in [0.15, 0.2) is 0 Å². The number of carbonyl (C=O) groups excluding carboxylic acids is 1. The Morgan fingerprint density at radius 1 is 1.24 bits per heavy atom. The molecular formula is C14H25NO2. The van der Waals surface area contributed by atoms with Crippen LogP contribution in [0.15, 0.2) is 0 Å². The molecule has 0 N–H and O–H groups in total. The van der Waals surface area contributed by atoms with E-state index in [1.807, 2.05) is 0 Å². The number of ether oxygens (including phenoxy) is 1. The molecule has 1 heterocycles. The molecule has 2 rings (SSSR count). The molecule has 17 heavy (non-hydrogen) atoms. The second kappa shape index (κ2) is 5.85. The number of hydrogen-bond donors (Lipinski definition) is 0. The lowest BCUT2D eigenvalue weighted by atomic mass is 9.86. The third-order valence-electron chi connectivity index (χ3n) is 4.25. The third kappa shape index (κ3) is 3.44. The van der Waals surface area contributed by atoms with Crippen LogP contribution in [0.3, 0.4) is 0 Å². The summed E-state index contributed by atoms with van der Waals surface area (Å²) in [5.74, 6) is 1.06. The number of rotatable bonds is 3. The minimum absolute atomic E-state index is 0.222. The fourth-order valence-electron chi connectivity index (χ4n) is 3.10. The minimum atomic E-state index is 0.222. The van der Waals surface area contributed by atoms with Gasteiger partial charge in [-0.3, -0.25) is 4.79 Å². The quantitative estimate of drug-likeness (QED) is 0.757. The second-order valence-corrected chi connectivity index (χ2v) is 5.72. The molecule has 3 nitrogen and oxygen atoms in total. The first kappa shape index (κ1) is 12.9. The molecule has 1 aliphatic heterocycles. The van der Waals surface area contributed by atoms with Gasteiger partial charge >= 0.3 is 0 Å². The number of nitrogens with zero attached hydrogens (tertiary/aromatic N) is 1. The zero-order chi connectivity index (χ0) is 12.3. The average molecular weight is 239 g/mol. The number of carbonyl (C=O) groups is 1. The van der Waals surface area contributed by atoms with Gasteiger partial charge in [-0.25, -0.2) is 0 Å². The lowest BCUT2D eigenvalue weighted by Gasteiger charge is -2.36. The Labute approximate surface area is 105 Å². The van der Waals surface area contributed by atoms with Crippen LogP contribution in [-0.2, 0) is 9.53 Å². The van der Waals surface area contributed by atoms with Crippen molar-refractivity contribution in [1.82, 2.24) is 4.90 Å². The summed E-state index contributed by atoms with van der Waals surface area (Å²) in [6.45, 7) is 5.70. The van der Waals surface area contributed by atoms with Gasteiger partial charge in [0.25, 0.3) is 0 Å². The zero-order valence-corrected chi connectivity index (χ0v) is 11.2. The van der Waals surface area contributed by atoms with Gasteiger partial charge in [0.05, 0.1) is 6.10 Å². The molecule has 0 aromatic carbocycles. The van der Waals surface area contributed by atoms with Crippen LogP contribution >= 0.6 is 0 Å². The molecule has 0 aromatic heterocycles. The van der Waals surface area contributed by atoms with E-state index in [2.05, 4.69) is 11.8 Å². The summed E-state index contributed by atoms with van der Waals surface area (Å²) in [4.78, 5) is 13.9. The maximum atomic E-state index is 11.8. The summed E-state index contributed by atoms with van der Waals surface area (Å²) in [7, 11) is 0. The smallest absolute Gasteiger partial charge is 0.219 e. The van der Waals surface area contributed by atoms with Gasteiger partial charge in [-0.05, 0) is 44.4 Å². The second-order valence-electron chi connectivity index (χ2n) is 5.72. The first-order chi connectivity index (χ1) is 8.16. The Kier molecular flexibility index (Phi) is 4.43. The van der Waals surface area contributed by atoms with Crippen LogP contribution < -0.4 is 0 Å². The molecule has 1 saturated heterocycles. The normalized spacial score (nSPS) is 33.6. The molecule has 0 aromatic rings. The number of amides is 1. The first-order valence-corrected chi connectivity index (χ1v) is 7.05. The molecule has 0 spiro atoms. The van der Waals surface area contributed by atoms with E-state index in [9.17, 15) is 4.79 Å². The fourth-order valence-corrected chi connectivity index (χ4v) is 3.10. The van der Waals surface area contributed by atoms with E-state index in [0.717, 1.165) is 31.9 Å². The van der Waals surface area contributed by atoms with Gasteiger partial charge in [0.2, 0.25) is 5.91 Å². The van der Waals surface area contributed by atoms with E-state index < -0.39 is 0 Å². The molecular weight excluding hydrogens is 214 g/mol. The van der Waals surface area contributed by atoms with Crippen molar-refractivity contribution in [3.8, 4) is 0 Å². The van der Waals surface area contributed by atoms with E-state index in [4.69, 9.17) is 4.74 Å². The van der Waals surface area contributed by atoms with Crippen LogP contribution in [0.25, 0.3) is 0 Å². The molecule has 0 radical (unpaired) electrons. The molecule has 98 valence electrons. The third-order valence-corrected chi connectivity index (χ3v) is 4.25. The van der Waals surface area contributed by atoms with Crippen molar-refractivity contribution < 1.29 is 9.53 Å². The van der Waals surface area contributed by atoms with Gasteiger partial charge in [-0.2, -0.15) is 0 Å². The van der Waals surface area contributed by atoms with Crippen molar-refractivity contribution in [3.63, 3.8) is 0 Å². The monoisotopic (exact) mass is 239 g/mol. The highest BCUT2D eigenvalue weighted by atomic mass is 16.5. The van der Waals surface area contributed by atoms with Crippen molar-refractivity contribution in [2.75, 3.05) is 13.2 Å². The Balaban J connectivity index is 1.89. The van der Waals surface area contributed by atoms with Gasteiger partial charge < -0.3 is 9.64 Å². The highest BCUT2D eigenvalue weighted by Gasteiger charge is 2.28. The van der Waals surface area contributed by atoms with Gasteiger partial charge in [0, 0.05) is 26.1 Å². The Hall–Kier alpha value is -0.570. The maximum absolute atomic E-state index is 11.8. The molecule has 1 unspecified atom stereocenters. The molecule has 0 bridgehead atoms. The lowest BCUT2D eigenvalue weighted by molar-refractivity contribution is -0.133. The van der Waals surface area contributed by atoms with Crippen molar-refractivity contribution in [3.05, 3.63) is 0 Å². The summed E-state index contributed by atoms with van der Waals surface area (Å²) in [5, 5.41) is 0. The largest absolute Gasteiger partial charge is 0.376 e. The fraction of sp³-hybridized carbons (Fsp3) is 0.929. The molecule has 3 heteroatoms. The van der Waals surface area contributed by atoms with Crippen molar-refractivity contribution in [1.29, 1.82) is 0 Å². The van der Waals surface area contributed by atoms with Crippen LogP contribution in [0.2, 0.25) is 0 Å². The summed E-state index contributed by atoms with van der Waals surface area (Å²) in [6, 6.07) is 0.466. The molecule has 2 aliphatic rings. The topological polar surface area (TPSA) is 29.5 Å². The summed E-state index contributed by atoms with van der Waals surface area (Å²) in [5.41, 5.74) is 0. The SMILES string of the molecule is CC(=O)N(CC1CCCO1)C1CCC(C)CC1. The van der Waals surface area contributed by atoms with Crippen LogP contribution in [0.4, 0.5) is 0 Å². The lowest BCUT2D eigenvalue weighted by Crippen LogP contribution is -2.44. The zero-order valence-electron chi connectivity index (χ0n) is 11.2. The molecule has 1 aliphatic carbocycles. The predicted molar refractivity (Wildman–Crippen MR) is 67.8 cm³/mol. The molecule has 1 saturated carbocycles. The Morgan fingerprint density at radius 2 is 1.94 bits per heavy atom. The van der Waals surface area contributed by atoms with Crippen LogP contribution in [-0.4, -0.2) is 36.1 Å². The van der Waals surface area contributed by atoms with E-state index in [1.54, 1.807) is 6.92 Å². The van der Waals surface area contributed by atoms with Gasteiger partial charge in [-0.15, -0.1) is 0 Å². The predicted octanol–water partition coefficient (Wildman–Crippen LogP) is 2.59. The first-order valence-electron chi connectivity index (χ1n) is 7.05. The summed E-state index contributed by atoms with van der Waals surface area (Å²) < 4.78 is 5.65. The Morgan fingerprint density at radius 3 is 2.47 bits per heavy atom. The van der Waals surface area contributed by atoms with Crippen LogP contribution in [0.1, 0.15) is 52.4 Å². The van der Waals surface area contributed by atoms with Crippen molar-refractivity contribution >= 4 is 5.91 Å². The molecule has 1 amide bonds. The summed E-state index contributed by atoms with van der Waals surface area (Å²) in [6.07, 6.45) is 7.43. The molecule has 1 atom stereocenters. The van der Waals surface area contributed by atoms with E-state index in [-0.39, 0.29) is 5.91 Å². The van der Waals surface area contributed by atoms with Gasteiger partial charge in [0.1, 0.15) is 0 Å². The highest BCUT2D eigenvalue weighted by Crippen LogP contribution is 2.28. The Bertz CT molecular complexity index is 253. The summed E-state index contributed by atoms with van der Waals surface area (Å²) >= 11 is 0. The minimum Gasteiger partial charge on any atom is -0.376 e. The highest BCUT2D eigenvalue weighted by molar-refractivity contribution is 5.73. The van der Waals surface area contributed by atoms with Gasteiger partial charge in [-0.1, -0.05) is 6.92 Å². The van der Waals surface area contributed by atoms with Crippen LogP contribution in [0.5, 0.6) is 0 Å². The van der Waals surface area contributed by atoms with E-state index in [0.29, 0.717) is 12.1 Å².